The Kier molecular flexibility index (Phi) is 3.52. The van der Waals surface area contributed by atoms with E-state index < -0.39 is 0 Å². The molecule has 4 nitrogen and oxygen atoms in total. The van der Waals surface area contributed by atoms with Gasteiger partial charge in [0.25, 0.3) is 0 Å². The lowest BCUT2D eigenvalue weighted by atomic mass is 10.3. The van der Waals surface area contributed by atoms with Crippen LogP contribution in [-0.2, 0) is 0 Å². The Labute approximate surface area is 108 Å². The third-order valence-corrected chi connectivity index (χ3v) is 2.23. The quantitative estimate of drug-likeness (QED) is 0.825. The zero-order valence-corrected chi connectivity index (χ0v) is 10.4. The number of rotatable bonds is 2. The fraction of sp³-hybridized carbons (Fsp3) is 0. The SMILES string of the molecule is Sc1nc(S)nc(Oc2cccc(Cl)c2)n1. The minimum Gasteiger partial charge on any atom is -0.424 e. The van der Waals surface area contributed by atoms with Crippen molar-refractivity contribution in [3.63, 3.8) is 0 Å². The molecule has 1 heterocycles. The number of thiol groups is 2. The smallest absolute Gasteiger partial charge is 0.326 e. The van der Waals surface area contributed by atoms with Crippen molar-refractivity contribution in [1.82, 2.24) is 15.0 Å². The van der Waals surface area contributed by atoms with Gasteiger partial charge in [-0.15, -0.1) is 25.3 Å². The lowest BCUT2D eigenvalue weighted by Crippen LogP contribution is -1.96. The Morgan fingerprint density at radius 3 is 2.38 bits per heavy atom. The van der Waals surface area contributed by atoms with Crippen molar-refractivity contribution in [3.8, 4) is 11.8 Å². The zero-order chi connectivity index (χ0) is 11.5. The summed E-state index contributed by atoms with van der Waals surface area (Å²) in [6.07, 6.45) is 0. The van der Waals surface area contributed by atoms with E-state index in [9.17, 15) is 0 Å². The molecule has 0 aliphatic carbocycles. The molecule has 0 atom stereocenters. The fourth-order valence-corrected chi connectivity index (χ4v) is 1.64. The van der Waals surface area contributed by atoms with E-state index in [-0.39, 0.29) is 16.3 Å². The second-order valence-electron chi connectivity index (χ2n) is 2.78. The van der Waals surface area contributed by atoms with Gasteiger partial charge in [-0.25, -0.2) is 0 Å². The van der Waals surface area contributed by atoms with Crippen molar-refractivity contribution < 1.29 is 4.74 Å². The predicted molar refractivity (Wildman–Crippen MR) is 65.9 cm³/mol. The van der Waals surface area contributed by atoms with Crippen molar-refractivity contribution in [2.24, 2.45) is 0 Å². The van der Waals surface area contributed by atoms with E-state index >= 15 is 0 Å². The molecule has 0 aliphatic heterocycles. The minimum absolute atomic E-state index is 0.132. The van der Waals surface area contributed by atoms with E-state index in [2.05, 4.69) is 40.2 Å². The molecule has 0 saturated heterocycles. The normalized spacial score (nSPS) is 10.2. The first-order valence-electron chi connectivity index (χ1n) is 4.21. The molecule has 0 amide bonds. The van der Waals surface area contributed by atoms with Gasteiger partial charge in [-0.05, 0) is 18.2 Å². The standard InChI is InChI=1S/C9H6ClN3OS2/c10-5-2-1-3-6(4-5)14-7-11-8(15)13-9(16)12-7/h1-4H,(H2,11,12,13,15,16). The van der Waals surface area contributed by atoms with Gasteiger partial charge in [0.1, 0.15) is 5.75 Å². The summed E-state index contributed by atoms with van der Waals surface area (Å²) in [5.41, 5.74) is 0. The molecule has 0 unspecified atom stereocenters. The maximum absolute atomic E-state index is 5.81. The number of nitrogens with zero attached hydrogens (tertiary/aromatic N) is 3. The largest absolute Gasteiger partial charge is 0.424 e. The van der Waals surface area contributed by atoms with Gasteiger partial charge >= 0.3 is 6.01 Å². The lowest BCUT2D eigenvalue weighted by Gasteiger charge is -2.04. The van der Waals surface area contributed by atoms with Crippen LogP contribution < -0.4 is 4.74 Å². The molecule has 2 rings (SSSR count). The van der Waals surface area contributed by atoms with Crippen LogP contribution in [0.25, 0.3) is 0 Å². The van der Waals surface area contributed by atoms with Crippen molar-refractivity contribution in [2.45, 2.75) is 10.3 Å². The van der Waals surface area contributed by atoms with Crippen molar-refractivity contribution in [2.75, 3.05) is 0 Å². The Morgan fingerprint density at radius 2 is 1.75 bits per heavy atom. The zero-order valence-electron chi connectivity index (χ0n) is 7.83. The maximum atomic E-state index is 5.81. The first-order valence-corrected chi connectivity index (χ1v) is 5.48. The van der Waals surface area contributed by atoms with E-state index in [0.29, 0.717) is 10.8 Å². The maximum Gasteiger partial charge on any atom is 0.326 e. The molecule has 1 aromatic heterocycles. The molecular formula is C9H6ClN3OS2. The predicted octanol–water partition coefficient (Wildman–Crippen LogP) is 2.89. The van der Waals surface area contributed by atoms with Crippen LogP contribution in [0.1, 0.15) is 0 Å². The Bertz CT molecular complexity index is 504. The Hall–Kier alpha value is -0.980. The summed E-state index contributed by atoms with van der Waals surface area (Å²) in [6, 6.07) is 7.04. The monoisotopic (exact) mass is 271 g/mol. The molecular weight excluding hydrogens is 266 g/mol. The Balaban J connectivity index is 2.27. The van der Waals surface area contributed by atoms with Crippen molar-refractivity contribution in [1.29, 1.82) is 0 Å². The first kappa shape index (κ1) is 11.5. The van der Waals surface area contributed by atoms with Gasteiger partial charge in [-0.1, -0.05) is 17.7 Å². The van der Waals surface area contributed by atoms with Crippen LogP contribution in [0.2, 0.25) is 5.02 Å². The average Bonchev–Trinajstić information content (AvgIpc) is 2.15. The molecule has 16 heavy (non-hydrogen) atoms. The summed E-state index contributed by atoms with van der Waals surface area (Å²) < 4.78 is 5.38. The molecule has 0 N–H and O–H groups in total. The highest BCUT2D eigenvalue weighted by Gasteiger charge is 2.04. The van der Waals surface area contributed by atoms with Gasteiger partial charge < -0.3 is 4.74 Å². The average molecular weight is 272 g/mol. The summed E-state index contributed by atoms with van der Waals surface area (Å²) >= 11 is 13.8. The molecule has 7 heteroatoms. The van der Waals surface area contributed by atoms with Gasteiger partial charge in [0.2, 0.25) is 0 Å². The summed E-state index contributed by atoms with van der Waals surface area (Å²) in [5, 5.41) is 1.07. The fourth-order valence-electron chi connectivity index (χ4n) is 1.02. The molecule has 0 radical (unpaired) electrons. The van der Waals surface area contributed by atoms with Gasteiger partial charge in [0.15, 0.2) is 10.3 Å². The van der Waals surface area contributed by atoms with Crippen LogP contribution in [0, 0.1) is 0 Å². The van der Waals surface area contributed by atoms with Crippen molar-refractivity contribution in [3.05, 3.63) is 29.3 Å². The van der Waals surface area contributed by atoms with E-state index in [0.717, 1.165) is 0 Å². The van der Waals surface area contributed by atoms with Crippen LogP contribution >= 0.6 is 36.9 Å². The molecule has 0 spiro atoms. The molecule has 1 aromatic carbocycles. The molecule has 0 bridgehead atoms. The molecule has 2 aromatic rings. The highest BCUT2D eigenvalue weighted by molar-refractivity contribution is 7.80. The van der Waals surface area contributed by atoms with Crippen LogP contribution in [0.4, 0.5) is 0 Å². The number of halogens is 1. The number of hydrogen-bond donors (Lipinski definition) is 2. The third-order valence-electron chi connectivity index (χ3n) is 1.60. The number of hydrogen-bond acceptors (Lipinski definition) is 6. The highest BCUT2D eigenvalue weighted by atomic mass is 35.5. The topological polar surface area (TPSA) is 47.9 Å². The summed E-state index contributed by atoms with van der Waals surface area (Å²) in [7, 11) is 0. The summed E-state index contributed by atoms with van der Waals surface area (Å²) in [4.78, 5) is 11.6. The van der Waals surface area contributed by atoms with Gasteiger partial charge in [-0.3, -0.25) is 0 Å². The highest BCUT2D eigenvalue weighted by Crippen LogP contribution is 2.22. The van der Waals surface area contributed by atoms with Gasteiger partial charge in [-0.2, -0.15) is 15.0 Å². The van der Waals surface area contributed by atoms with Crippen LogP contribution in [-0.4, -0.2) is 15.0 Å². The lowest BCUT2D eigenvalue weighted by molar-refractivity contribution is 0.424. The van der Waals surface area contributed by atoms with Crippen LogP contribution in [0.5, 0.6) is 11.8 Å². The molecule has 82 valence electrons. The first-order chi connectivity index (χ1) is 7.63. The molecule has 0 fully saturated rings. The number of aromatic nitrogens is 3. The van der Waals surface area contributed by atoms with E-state index in [1.165, 1.54) is 0 Å². The molecule has 0 saturated carbocycles. The molecule has 0 aliphatic rings. The number of ether oxygens (including phenoxy) is 1. The van der Waals surface area contributed by atoms with Gasteiger partial charge in [0, 0.05) is 5.02 Å². The number of benzene rings is 1. The van der Waals surface area contributed by atoms with Crippen LogP contribution in [0.3, 0.4) is 0 Å². The van der Waals surface area contributed by atoms with Crippen molar-refractivity contribution >= 4 is 36.9 Å². The Morgan fingerprint density at radius 1 is 1.06 bits per heavy atom. The summed E-state index contributed by atoms with van der Waals surface area (Å²) in [5.74, 6) is 0.541. The minimum atomic E-state index is 0.132. The van der Waals surface area contributed by atoms with E-state index in [1.54, 1.807) is 24.3 Å². The van der Waals surface area contributed by atoms with E-state index in [1.807, 2.05) is 0 Å². The summed E-state index contributed by atoms with van der Waals surface area (Å²) in [6.45, 7) is 0. The second kappa shape index (κ2) is 4.90. The third kappa shape index (κ3) is 3.01. The second-order valence-corrected chi connectivity index (χ2v) is 4.01. The van der Waals surface area contributed by atoms with Gasteiger partial charge in [0.05, 0.1) is 0 Å². The van der Waals surface area contributed by atoms with Crippen LogP contribution in [0.15, 0.2) is 34.6 Å². The van der Waals surface area contributed by atoms with E-state index in [4.69, 9.17) is 16.3 Å².